The SMILES string of the molecule is CCCCCCCC(=O)NC(C)CN(C)CC(C)NC(=O)CCCCCCC. The van der Waals surface area contributed by atoms with Crippen LogP contribution in [0, 0.1) is 0 Å². The van der Waals surface area contributed by atoms with E-state index < -0.39 is 0 Å². The highest BCUT2D eigenvalue weighted by Crippen LogP contribution is 2.06. The first kappa shape index (κ1) is 26.9. The summed E-state index contributed by atoms with van der Waals surface area (Å²) in [5.74, 6) is 0.309. The second-order valence-corrected chi connectivity index (χ2v) is 8.49. The molecule has 0 spiro atoms. The molecule has 0 fully saturated rings. The van der Waals surface area contributed by atoms with Crippen LogP contribution in [0.1, 0.15) is 105 Å². The van der Waals surface area contributed by atoms with Crippen LogP contribution in [-0.4, -0.2) is 48.9 Å². The number of hydrogen-bond donors (Lipinski definition) is 2. The first-order valence-corrected chi connectivity index (χ1v) is 11.7. The number of rotatable bonds is 18. The summed E-state index contributed by atoms with van der Waals surface area (Å²) in [6.07, 6.45) is 12.9. The van der Waals surface area contributed by atoms with E-state index in [0.29, 0.717) is 12.8 Å². The van der Waals surface area contributed by atoms with Crippen LogP contribution in [0.15, 0.2) is 0 Å². The second kappa shape index (κ2) is 18.0. The second-order valence-electron chi connectivity index (χ2n) is 8.49. The highest BCUT2D eigenvalue weighted by atomic mass is 16.2. The number of nitrogens with one attached hydrogen (secondary N) is 2. The Labute approximate surface area is 174 Å². The Kier molecular flexibility index (Phi) is 17.3. The highest BCUT2D eigenvalue weighted by Gasteiger charge is 2.13. The van der Waals surface area contributed by atoms with E-state index in [1.165, 1.54) is 38.5 Å². The van der Waals surface area contributed by atoms with Crippen LogP contribution >= 0.6 is 0 Å². The van der Waals surface area contributed by atoms with Gasteiger partial charge in [-0.2, -0.15) is 0 Å². The van der Waals surface area contributed by atoms with E-state index in [4.69, 9.17) is 0 Å². The highest BCUT2D eigenvalue weighted by molar-refractivity contribution is 5.76. The number of likely N-dealkylation sites (N-methyl/N-ethyl adjacent to an activating group) is 1. The van der Waals surface area contributed by atoms with Gasteiger partial charge in [-0.25, -0.2) is 0 Å². The van der Waals surface area contributed by atoms with Crippen LogP contribution in [-0.2, 0) is 9.59 Å². The molecule has 0 bridgehead atoms. The maximum atomic E-state index is 12.0. The standard InChI is InChI=1S/C23H47N3O2/c1-6-8-10-12-14-16-22(27)24-20(3)18-26(5)19-21(4)25-23(28)17-15-13-11-9-7-2/h20-21H,6-19H2,1-5H3,(H,24,27)(H,25,28). The zero-order chi connectivity index (χ0) is 21.2. The van der Waals surface area contributed by atoms with Crippen molar-refractivity contribution in [2.24, 2.45) is 0 Å². The molecule has 2 unspecified atom stereocenters. The van der Waals surface area contributed by atoms with Gasteiger partial charge >= 0.3 is 0 Å². The first-order chi connectivity index (χ1) is 13.4. The van der Waals surface area contributed by atoms with Crippen molar-refractivity contribution in [2.75, 3.05) is 20.1 Å². The van der Waals surface area contributed by atoms with Gasteiger partial charge in [-0.3, -0.25) is 9.59 Å². The lowest BCUT2D eigenvalue weighted by molar-refractivity contribution is -0.122. The van der Waals surface area contributed by atoms with Crippen molar-refractivity contribution in [1.29, 1.82) is 0 Å². The van der Waals surface area contributed by atoms with Gasteiger partial charge in [0.1, 0.15) is 0 Å². The smallest absolute Gasteiger partial charge is 0.220 e. The molecule has 2 N–H and O–H groups in total. The van der Waals surface area contributed by atoms with E-state index in [1.54, 1.807) is 0 Å². The lowest BCUT2D eigenvalue weighted by Gasteiger charge is -2.25. The van der Waals surface area contributed by atoms with Crippen LogP contribution in [0.4, 0.5) is 0 Å². The third kappa shape index (κ3) is 17.0. The van der Waals surface area contributed by atoms with Gasteiger partial charge in [0.15, 0.2) is 0 Å². The molecular formula is C23H47N3O2. The Morgan fingerprint density at radius 1 is 0.679 bits per heavy atom. The maximum Gasteiger partial charge on any atom is 0.220 e. The molecule has 5 heteroatoms. The molecule has 2 atom stereocenters. The van der Waals surface area contributed by atoms with Crippen molar-refractivity contribution >= 4 is 11.8 Å². The third-order valence-corrected chi connectivity index (χ3v) is 5.00. The molecule has 0 aliphatic rings. The molecule has 0 radical (unpaired) electrons. The lowest BCUT2D eigenvalue weighted by atomic mass is 10.1. The lowest BCUT2D eigenvalue weighted by Crippen LogP contribution is -2.45. The van der Waals surface area contributed by atoms with Gasteiger partial charge < -0.3 is 15.5 Å². The summed E-state index contributed by atoms with van der Waals surface area (Å²) >= 11 is 0. The average molecular weight is 398 g/mol. The summed E-state index contributed by atoms with van der Waals surface area (Å²) in [6.45, 7) is 10.1. The molecule has 166 valence electrons. The van der Waals surface area contributed by atoms with Crippen LogP contribution < -0.4 is 10.6 Å². The predicted molar refractivity (Wildman–Crippen MR) is 119 cm³/mol. The van der Waals surface area contributed by atoms with Gasteiger partial charge in [-0.1, -0.05) is 65.2 Å². The van der Waals surface area contributed by atoms with Crippen molar-refractivity contribution < 1.29 is 9.59 Å². The molecule has 0 aliphatic heterocycles. The van der Waals surface area contributed by atoms with E-state index in [1.807, 2.05) is 20.9 Å². The molecule has 0 aromatic carbocycles. The Balaban J connectivity index is 3.84. The molecule has 0 saturated carbocycles. The molecule has 0 aromatic heterocycles. The van der Waals surface area contributed by atoms with Gasteiger partial charge in [0.25, 0.3) is 0 Å². The van der Waals surface area contributed by atoms with Gasteiger partial charge in [0.05, 0.1) is 0 Å². The number of carbonyl (C=O) groups is 2. The van der Waals surface area contributed by atoms with Crippen LogP contribution in [0.5, 0.6) is 0 Å². The molecule has 0 saturated heterocycles. The summed E-state index contributed by atoms with van der Waals surface area (Å²) in [5.41, 5.74) is 0. The van der Waals surface area contributed by atoms with Crippen molar-refractivity contribution in [2.45, 2.75) is 117 Å². The van der Waals surface area contributed by atoms with Gasteiger partial charge in [-0.05, 0) is 33.7 Å². The minimum atomic E-state index is 0.120. The Morgan fingerprint density at radius 3 is 1.39 bits per heavy atom. The zero-order valence-corrected chi connectivity index (χ0v) is 19.3. The van der Waals surface area contributed by atoms with E-state index >= 15 is 0 Å². The Morgan fingerprint density at radius 2 is 1.04 bits per heavy atom. The van der Waals surface area contributed by atoms with Gasteiger partial charge in [-0.15, -0.1) is 0 Å². The Bertz CT molecular complexity index is 365. The molecule has 0 aromatic rings. The van der Waals surface area contributed by atoms with E-state index in [2.05, 4.69) is 29.4 Å². The first-order valence-electron chi connectivity index (χ1n) is 11.7. The van der Waals surface area contributed by atoms with Gasteiger partial charge in [0, 0.05) is 38.0 Å². The average Bonchev–Trinajstić information content (AvgIpc) is 2.60. The number of nitrogens with zero attached hydrogens (tertiary/aromatic N) is 1. The normalized spacial score (nSPS) is 13.4. The molecule has 5 nitrogen and oxygen atoms in total. The summed E-state index contributed by atoms with van der Waals surface area (Å²) in [7, 11) is 2.04. The molecule has 2 amide bonds. The summed E-state index contributed by atoms with van der Waals surface area (Å²) in [4.78, 5) is 26.2. The number of unbranched alkanes of at least 4 members (excludes halogenated alkanes) is 8. The maximum absolute atomic E-state index is 12.0. The van der Waals surface area contributed by atoms with Crippen LogP contribution in [0.2, 0.25) is 0 Å². The monoisotopic (exact) mass is 397 g/mol. The van der Waals surface area contributed by atoms with Crippen molar-refractivity contribution in [1.82, 2.24) is 15.5 Å². The summed E-state index contributed by atoms with van der Waals surface area (Å²) in [5, 5.41) is 6.18. The van der Waals surface area contributed by atoms with Crippen molar-refractivity contribution in [3.63, 3.8) is 0 Å². The fraction of sp³-hybridized carbons (Fsp3) is 0.913. The topological polar surface area (TPSA) is 61.4 Å². The minimum absolute atomic E-state index is 0.120. The molecular weight excluding hydrogens is 350 g/mol. The van der Waals surface area contributed by atoms with E-state index in [9.17, 15) is 9.59 Å². The van der Waals surface area contributed by atoms with Crippen LogP contribution in [0.3, 0.4) is 0 Å². The molecule has 28 heavy (non-hydrogen) atoms. The predicted octanol–water partition coefficient (Wildman–Crippen LogP) is 4.65. The summed E-state index contributed by atoms with van der Waals surface area (Å²) < 4.78 is 0. The molecule has 0 heterocycles. The minimum Gasteiger partial charge on any atom is -0.352 e. The van der Waals surface area contributed by atoms with Crippen molar-refractivity contribution in [3.8, 4) is 0 Å². The zero-order valence-electron chi connectivity index (χ0n) is 19.3. The largest absolute Gasteiger partial charge is 0.352 e. The number of carbonyl (C=O) groups excluding carboxylic acids is 2. The fourth-order valence-electron chi connectivity index (χ4n) is 3.57. The van der Waals surface area contributed by atoms with Gasteiger partial charge in [0.2, 0.25) is 11.8 Å². The quantitative estimate of drug-likeness (QED) is 0.331. The fourth-order valence-corrected chi connectivity index (χ4v) is 3.57. The molecule has 0 aliphatic carbocycles. The van der Waals surface area contributed by atoms with E-state index in [0.717, 1.165) is 38.8 Å². The van der Waals surface area contributed by atoms with Crippen molar-refractivity contribution in [3.05, 3.63) is 0 Å². The van der Waals surface area contributed by atoms with E-state index in [-0.39, 0.29) is 23.9 Å². The van der Waals surface area contributed by atoms with Crippen LogP contribution in [0.25, 0.3) is 0 Å². The summed E-state index contributed by atoms with van der Waals surface area (Å²) in [6, 6.07) is 0.240. The molecule has 0 rings (SSSR count). The third-order valence-electron chi connectivity index (χ3n) is 5.00. The number of hydrogen-bond acceptors (Lipinski definition) is 3. The Hall–Kier alpha value is -1.10. The number of amides is 2.